The summed E-state index contributed by atoms with van der Waals surface area (Å²) in [6.45, 7) is 0.663. The van der Waals surface area contributed by atoms with Crippen molar-refractivity contribution in [2.24, 2.45) is 0 Å². The fourth-order valence-electron chi connectivity index (χ4n) is 2.80. The van der Waals surface area contributed by atoms with Gasteiger partial charge in [0.15, 0.2) is 0 Å². The molecule has 0 radical (unpaired) electrons. The third kappa shape index (κ3) is 3.95. The van der Waals surface area contributed by atoms with Gasteiger partial charge in [-0.2, -0.15) is 0 Å². The Morgan fingerprint density at radius 1 is 0.889 bits per heavy atom. The Morgan fingerprint density at radius 2 is 1.70 bits per heavy atom. The summed E-state index contributed by atoms with van der Waals surface area (Å²) in [6, 6.07) is 19.8. The molecule has 6 heteroatoms. The van der Waals surface area contributed by atoms with Crippen molar-refractivity contribution in [1.82, 2.24) is 15.0 Å². The Morgan fingerprint density at radius 3 is 2.56 bits per heavy atom. The van der Waals surface area contributed by atoms with E-state index in [0.29, 0.717) is 12.4 Å². The molecule has 2 N–H and O–H groups in total. The van der Waals surface area contributed by atoms with Crippen molar-refractivity contribution in [3.8, 4) is 5.75 Å². The highest BCUT2D eigenvalue weighted by molar-refractivity contribution is 5.91. The topological polar surface area (TPSA) is 72.0 Å². The first-order chi connectivity index (χ1) is 13.3. The average molecular weight is 357 g/mol. The van der Waals surface area contributed by atoms with Gasteiger partial charge < -0.3 is 15.4 Å². The Hall–Kier alpha value is -3.67. The molecule has 2 aromatic heterocycles. The maximum atomic E-state index is 5.18. The van der Waals surface area contributed by atoms with Gasteiger partial charge in [-0.1, -0.05) is 30.3 Å². The van der Waals surface area contributed by atoms with Gasteiger partial charge in [-0.25, -0.2) is 9.97 Å². The summed E-state index contributed by atoms with van der Waals surface area (Å²) < 4.78 is 5.18. The van der Waals surface area contributed by atoms with E-state index in [0.717, 1.165) is 33.7 Å². The Balaban J connectivity index is 1.48. The van der Waals surface area contributed by atoms with Crippen molar-refractivity contribution in [3.05, 3.63) is 78.8 Å². The van der Waals surface area contributed by atoms with E-state index in [4.69, 9.17) is 4.74 Å². The van der Waals surface area contributed by atoms with E-state index in [9.17, 15) is 0 Å². The molecule has 2 heterocycles. The number of anilines is 3. The second-order valence-corrected chi connectivity index (χ2v) is 6.00. The van der Waals surface area contributed by atoms with Crippen LogP contribution >= 0.6 is 0 Å². The molecule has 0 saturated heterocycles. The molecule has 0 bridgehead atoms. The van der Waals surface area contributed by atoms with Gasteiger partial charge in [0.2, 0.25) is 0 Å². The predicted molar refractivity (Wildman–Crippen MR) is 107 cm³/mol. The van der Waals surface area contributed by atoms with Crippen molar-refractivity contribution >= 4 is 28.2 Å². The van der Waals surface area contributed by atoms with Gasteiger partial charge in [-0.3, -0.25) is 4.98 Å². The highest BCUT2D eigenvalue weighted by Gasteiger charge is 2.04. The van der Waals surface area contributed by atoms with Crippen LogP contribution in [0.3, 0.4) is 0 Å². The zero-order chi connectivity index (χ0) is 18.5. The van der Waals surface area contributed by atoms with Crippen LogP contribution in [0.5, 0.6) is 5.75 Å². The molecule has 4 rings (SSSR count). The van der Waals surface area contributed by atoms with Crippen LogP contribution in [-0.2, 0) is 6.54 Å². The zero-order valence-corrected chi connectivity index (χ0v) is 14.9. The van der Waals surface area contributed by atoms with Crippen molar-refractivity contribution < 1.29 is 4.74 Å². The molecule has 0 aliphatic heterocycles. The fraction of sp³-hybridized carbons (Fsp3) is 0.0952. The van der Waals surface area contributed by atoms with Gasteiger partial charge in [0.25, 0.3) is 0 Å². The second kappa shape index (κ2) is 7.70. The SMILES string of the molecule is COc1ccc(CNc2cc(Nc3cccc4cccnc34)ncn2)cc1. The number of nitrogens with zero attached hydrogens (tertiary/aromatic N) is 3. The molecule has 0 spiro atoms. The molecule has 0 atom stereocenters. The smallest absolute Gasteiger partial charge is 0.135 e. The molecule has 0 aliphatic carbocycles. The third-order valence-electron chi connectivity index (χ3n) is 4.20. The normalized spacial score (nSPS) is 10.6. The van der Waals surface area contributed by atoms with Gasteiger partial charge in [-0.05, 0) is 29.8 Å². The number of fused-ring (bicyclic) bond motifs is 1. The van der Waals surface area contributed by atoms with E-state index in [1.807, 2.05) is 60.7 Å². The number of para-hydroxylation sites is 1. The van der Waals surface area contributed by atoms with Crippen LogP contribution in [0.25, 0.3) is 10.9 Å². The lowest BCUT2D eigenvalue weighted by Crippen LogP contribution is -2.03. The first kappa shape index (κ1) is 16.8. The number of pyridine rings is 1. The summed E-state index contributed by atoms with van der Waals surface area (Å²) in [5.41, 5.74) is 2.96. The first-order valence-electron chi connectivity index (χ1n) is 8.61. The highest BCUT2D eigenvalue weighted by atomic mass is 16.5. The highest BCUT2D eigenvalue weighted by Crippen LogP contribution is 2.24. The van der Waals surface area contributed by atoms with Crippen LogP contribution in [-0.4, -0.2) is 22.1 Å². The number of ether oxygens (including phenoxy) is 1. The maximum Gasteiger partial charge on any atom is 0.135 e. The van der Waals surface area contributed by atoms with E-state index in [-0.39, 0.29) is 0 Å². The summed E-state index contributed by atoms with van der Waals surface area (Å²) >= 11 is 0. The number of benzene rings is 2. The third-order valence-corrected chi connectivity index (χ3v) is 4.20. The molecule has 134 valence electrons. The zero-order valence-electron chi connectivity index (χ0n) is 14.9. The van der Waals surface area contributed by atoms with Crippen molar-refractivity contribution in [3.63, 3.8) is 0 Å². The summed E-state index contributed by atoms with van der Waals surface area (Å²) in [4.78, 5) is 13.1. The van der Waals surface area contributed by atoms with Crippen LogP contribution in [0.15, 0.2) is 73.2 Å². The van der Waals surface area contributed by atoms with Gasteiger partial charge >= 0.3 is 0 Å². The molecular weight excluding hydrogens is 338 g/mol. The molecule has 0 unspecified atom stereocenters. The fourth-order valence-corrected chi connectivity index (χ4v) is 2.80. The van der Waals surface area contributed by atoms with E-state index in [1.54, 1.807) is 13.3 Å². The monoisotopic (exact) mass is 357 g/mol. The average Bonchev–Trinajstić information content (AvgIpc) is 2.73. The molecular formula is C21H19N5O. The molecule has 0 aliphatic rings. The van der Waals surface area contributed by atoms with E-state index >= 15 is 0 Å². The lowest BCUT2D eigenvalue weighted by atomic mass is 10.2. The van der Waals surface area contributed by atoms with Gasteiger partial charge in [0.1, 0.15) is 23.7 Å². The van der Waals surface area contributed by atoms with Crippen LogP contribution < -0.4 is 15.4 Å². The number of nitrogens with one attached hydrogen (secondary N) is 2. The molecule has 6 nitrogen and oxygen atoms in total. The standard InChI is InChI=1S/C21H19N5O/c1-27-17-9-7-15(8-10-17)13-23-19-12-20(25-14-24-19)26-18-6-2-4-16-5-3-11-22-21(16)18/h2-12,14H,13H2,1H3,(H2,23,24,25,26). The summed E-state index contributed by atoms with van der Waals surface area (Å²) in [7, 11) is 1.66. The number of hydrogen-bond acceptors (Lipinski definition) is 6. The number of aromatic nitrogens is 3. The van der Waals surface area contributed by atoms with Gasteiger partial charge in [0.05, 0.1) is 18.3 Å². The minimum absolute atomic E-state index is 0.663. The summed E-state index contributed by atoms with van der Waals surface area (Å²) in [5.74, 6) is 2.30. The number of methoxy groups -OCH3 is 1. The maximum absolute atomic E-state index is 5.18. The molecule has 2 aromatic carbocycles. The summed E-state index contributed by atoms with van der Waals surface area (Å²) in [6.07, 6.45) is 3.33. The van der Waals surface area contributed by atoms with Crippen molar-refractivity contribution in [1.29, 1.82) is 0 Å². The van der Waals surface area contributed by atoms with Crippen LogP contribution in [0, 0.1) is 0 Å². The number of rotatable bonds is 6. The van der Waals surface area contributed by atoms with Crippen LogP contribution in [0.4, 0.5) is 17.3 Å². The molecule has 0 fully saturated rings. The first-order valence-corrected chi connectivity index (χ1v) is 8.61. The Kier molecular flexibility index (Phi) is 4.78. The van der Waals surface area contributed by atoms with Gasteiger partial charge in [0, 0.05) is 24.2 Å². The molecule has 27 heavy (non-hydrogen) atoms. The summed E-state index contributed by atoms with van der Waals surface area (Å²) in [5, 5.41) is 7.72. The van der Waals surface area contributed by atoms with E-state index in [1.165, 1.54) is 6.33 Å². The van der Waals surface area contributed by atoms with Crippen molar-refractivity contribution in [2.75, 3.05) is 17.7 Å². The molecule has 0 amide bonds. The van der Waals surface area contributed by atoms with E-state index < -0.39 is 0 Å². The van der Waals surface area contributed by atoms with Gasteiger partial charge in [-0.15, -0.1) is 0 Å². The van der Waals surface area contributed by atoms with Crippen molar-refractivity contribution in [2.45, 2.75) is 6.54 Å². The van der Waals surface area contributed by atoms with Crippen LogP contribution in [0.1, 0.15) is 5.56 Å². The lowest BCUT2D eigenvalue weighted by molar-refractivity contribution is 0.414. The molecule has 4 aromatic rings. The Bertz CT molecular complexity index is 1040. The van der Waals surface area contributed by atoms with E-state index in [2.05, 4.69) is 25.6 Å². The minimum atomic E-state index is 0.663. The Labute approximate surface area is 157 Å². The predicted octanol–water partition coefficient (Wildman–Crippen LogP) is 4.39. The minimum Gasteiger partial charge on any atom is -0.497 e. The quantitative estimate of drug-likeness (QED) is 0.533. The second-order valence-electron chi connectivity index (χ2n) is 6.00. The largest absolute Gasteiger partial charge is 0.497 e. The number of hydrogen-bond donors (Lipinski definition) is 2. The molecule has 0 saturated carbocycles. The van der Waals surface area contributed by atoms with Crippen LogP contribution in [0.2, 0.25) is 0 Å². The lowest BCUT2D eigenvalue weighted by Gasteiger charge is -2.10.